The van der Waals surface area contributed by atoms with Gasteiger partial charge in [0, 0.05) is 49.4 Å². The lowest BCUT2D eigenvalue weighted by molar-refractivity contribution is -0.131. The second-order valence-corrected chi connectivity index (χ2v) is 9.74. The van der Waals surface area contributed by atoms with Crippen molar-refractivity contribution in [1.29, 1.82) is 0 Å². The van der Waals surface area contributed by atoms with Crippen LogP contribution in [-0.4, -0.2) is 11.9 Å². The minimum atomic E-state index is -0.500. The molecule has 4 nitrogen and oxygen atoms in total. The molecule has 0 radical (unpaired) electrons. The molecule has 0 unspecified atom stereocenters. The predicted octanol–water partition coefficient (Wildman–Crippen LogP) is 7.23. The lowest BCUT2D eigenvalue weighted by Crippen LogP contribution is -2.16. The summed E-state index contributed by atoms with van der Waals surface area (Å²) in [5, 5.41) is 2.07. The number of fused-ring (bicyclic) bond motifs is 2. The van der Waals surface area contributed by atoms with Gasteiger partial charge >= 0.3 is 11.9 Å². The van der Waals surface area contributed by atoms with Gasteiger partial charge in [-0.25, -0.2) is 9.59 Å². The third-order valence-corrected chi connectivity index (χ3v) is 6.70. The normalized spacial score (nSPS) is 12.5. The van der Waals surface area contributed by atoms with Crippen LogP contribution in [0.25, 0.3) is 10.8 Å². The first kappa shape index (κ1) is 23.9. The Labute approximate surface area is 207 Å². The highest BCUT2D eigenvalue weighted by Crippen LogP contribution is 2.46. The predicted molar refractivity (Wildman–Crippen MR) is 138 cm³/mol. The van der Waals surface area contributed by atoms with Crippen molar-refractivity contribution in [3.05, 3.63) is 100.0 Å². The Hall–Kier alpha value is -3.28. The number of halogens is 1. The third-order valence-electron chi connectivity index (χ3n) is 5.36. The van der Waals surface area contributed by atoms with Crippen molar-refractivity contribution in [3.8, 4) is 11.5 Å². The van der Waals surface area contributed by atoms with E-state index in [0.29, 0.717) is 51.3 Å². The Morgan fingerprint density at radius 3 is 1.91 bits per heavy atom. The highest BCUT2D eigenvalue weighted by Gasteiger charge is 2.27. The first-order chi connectivity index (χ1) is 16.2. The van der Waals surface area contributed by atoms with Gasteiger partial charge in [0.25, 0.3) is 0 Å². The summed E-state index contributed by atoms with van der Waals surface area (Å²) < 4.78 is 11.7. The third kappa shape index (κ3) is 4.96. The summed E-state index contributed by atoms with van der Waals surface area (Å²) in [6.45, 7) is 10.6. The van der Waals surface area contributed by atoms with E-state index in [2.05, 4.69) is 19.2 Å². The average molecular weight is 491 g/mol. The van der Waals surface area contributed by atoms with Crippen LogP contribution in [0.5, 0.6) is 11.5 Å². The van der Waals surface area contributed by atoms with Gasteiger partial charge in [-0.05, 0) is 49.4 Å². The molecule has 3 aromatic rings. The summed E-state index contributed by atoms with van der Waals surface area (Å²) in [6.07, 6.45) is 3.15. The largest absolute Gasteiger partial charge is 0.422 e. The fourth-order valence-electron chi connectivity index (χ4n) is 3.67. The van der Waals surface area contributed by atoms with E-state index in [1.54, 1.807) is 25.6 Å². The zero-order valence-corrected chi connectivity index (χ0v) is 20.5. The number of hydrogen-bond donors (Lipinski definition) is 0. The lowest BCUT2D eigenvalue weighted by Gasteiger charge is -2.24. The molecule has 0 saturated carbocycles. The number of ether oxygens (including phenoxy) is 2. The topological polar surface area (TPSA) is 52.6 Å². The second kappa shape index (κ2) is 9.92. The van der Waals surface area contributed by atoms with Gasteiger partial charge in [-0.2, -0.15) is 0 Å². The molecule has 0 amide bonds. The zero-order chi connectivity index (χ0) is 24.4. The van der Waals surface area contributed by atoms with Gasteiger partial charge in [0.2, 0.25) is 0 Å². The van der Waals surface area contributed by atoms with Crippen LogP contribution in [0.1, 0.15) is 25.0 Å². The van der Waals surface area contributed by atoms with Crippen LogP contribution in [0.3, 0.4) is 0 Å². The van der Waals surface area contributed by atoms with Crippen molar-refractivity contribution in [2.24, 2.45) is 0 Å². The van der Waals surface area contributed by atoms with Crippen molar-refractivity contribution in [1.82, 2.24) is 0 Å². The van der Waals surface area contributed by atoms with Crippen molar-refractivity contribution < 1.29 is 19.1 Å². The monoisotopic (exact) mass is 490 g/mol. The number of thioether (sulfide) groups is 1. The molecule has 172 valence electrons. The Morgan fingerprint density at radius 2 is 1.38 bits per heavy atom. The maximum atomic E-state index is 12.5. The summed E-state index contributed by atoms with van der Waals surface area (Å²) in [5.41, 5.74) is 2.24. The number of allylic oxidation sites excluding steroid dienone is 2. The molecular formula is C28H23ClO4S. The Kier molecular flexibility index (Phi) is 6.96. The van der Waals surface area contributed by atoms with E-state index in [1.807, 2.05) is 48.5 Å². The minimum Gasteiger partial charge on any atom is -0.422 e. The van der Waals surface area contributed by atoms with Crippen molar-refractivity contribution in [2.75, 3.05) is 0 Å². The van der Waals surface area contributed by atoms with E-state index in [1.165, 1.54) is 0 Å². The van der Waals surface area contributed by atoms with Gasteiger partial charge in [-0.1, -0.05) is 66.9 Å². The molecule has 0 aliphatic heterocycles. The standard InChI is InChI=1S/C28H23ClO4S/c1-16(2)27(30)32-25-21-7-5-6-8-22(21)26(33-28(31)17(3)4)24-15-20(13-14-23(24)25)34-19-11-9-18(29)10-12-19/h5-13H,1,3,14-15H2,2,4H3. The fraction of sp³-hybridized carbons (Fsp3) is 0.143. The van der Waals surface area contributed by atoms with Gasteiger partial charge in [0.1, 0.15) is 11.5 Å². The lowest BCUT2D eigenvalue weighted by atomic mass is 9.90. The average Bonchev–Trinajstić information content (AvgIpc) is 2.82. The van der Waals surface area contributed by atoms with E-state index in [-0.39, 0.29) is 0 Å². The van der Waals surface area contributed by atoms with Crippen LogP contribution in [0, 0.1) is 0 Å². The Morgan fingerprint density at radius 1 is 0.853 bits per heavy atom. The number of esters is 2. The van der Waals surface area contributed by atoms with E-state index in [0.717, 1.165) is 20.9 Å². The number of carbonyl (C=O) groups excluding carboxylic acids is 2. The van der Waals surface area contributed by atoms with Crippen LogP contribution >= 0.6 is 23.4 Å². The van der Waals surface area contributed by atoms with Crippen LogP contribution in [0.2, 0.25) is 5.02 Å². The highest BCUT2D eigenvalue weighted by molar-refractivity contribution is 8.03. The molecule has 6 heteroatoms. The number of hydrogen-bond acceptors (Lipinski definition) is 5. The van der Waals surface area contributed by atoms with E-state index in [9.17, 15) is 9.59 Å². The SMILES string of the molecule is C=C(C)C(=O)Oc1c2c(c(OC(=O)C(=C)C)c3ccccc13)CC(Sc1ccc(Cl)cc1)=CC2. The molecule has 0 atom stereocenters. The van der Waals surface area contributed by atoms with E-state index < -0.39 is 11.9 Å². The van der Waals surface area contributed by atoms with Gasteiger partial charge in [0.05, 0.1) is 0 Å². The van der Waals surface area contributed by atoms with Crippen LogP contribution < -0.4 is 9.47 Å². The highest BCUT2D eigenvalue weighted by atomic mass is 35.5. The molecular weight excluding hydrogens is 468 g/mol. The molecule has 0 bridgehead atoms. The minimum absolute atomic E-state index is 0.303. The Bertz CT molecular complexity index is 1370. The molecule has 1 aliphatic rings. The Balaban J connectivity index is 1.85. The van der Waals surface area contributed by atoms with E-state index in [4.69, 9.17) is 21.1 Å². The first-order valence-electron chi connectivity index (χ1n) is 10.7. The van der Waals surface area contributed by atoms with Gasteiger partial charge in [0.15, 0.2) is 0 Å². The quantitative estimate of drug-likeness (QED) is 0.207. The van der Waals surface area contributed by atoms with Crippen LogP contribution in [0.4, 0.5) is 0 Å². The molecule has 4 rings (SSSR count). The summed E-state index contributed by atoms with van der Waals surface area (Å²) in [6, 6.07) is 15.1. The molecule has 1 aliphatic carbocycles. The smallest absolute Gasteiger partial charge is 0.338 e. The maximum Gasteiger partial charge on any atom is 0.338 e. The van der Waals surface area contributed by atoms with Crippen LogP contribution in [0.15, 0.2) is 88.7 Å². The molecule has 0 spiro atoms. The zero-order valence-electron chi connectivity index (χ0n) is 18.9. The number of benzene rings is 3. The number of rotatable bonds is 6. The van der Waals surface area contributed by atoms with Crippen molar-refractivity contribution >= 4 is 46.1 Å². The summed E-state index contributed by atoms with van der Waals surface area (Å²) in [7, 11) is 0. The van der Waals surface area contributed by atoms with Crippen molar-refractivity contribution in [2.45, 2.75) is 31.6 Å². The van der Waals surface area contributed by atoms with Crippen molar-refractivity contribution in [3.63, 3.8) is 0 Å². The maximum absolute atomic E-state index is 12.5. The summed E-state index contributed by atoms with van der Waals surface area (Å²) in [5.74, 6) is -0.0543. The van der Waals surface area contributed by atoms with Gasteiger partial charge in [-0.15, -0.1) is 0 Å². The molecule has 0 N–H and O–H groups in total. The van der Waals surface area contributed by atoms with Gasteiger partial charge in [-0.3, -0.25) is 0 Å². The second-order valence-electron chi connectivity index (χ2n) is 8.11. The summed E-state index contributed by atoms with van der Waals surface area (Å²) in [4.78, 5) is 27.2. The van der Waals surface area contributed by atoms with Gasteiger partial charge < -0.3 is 9.47 Å². The first-order valence-corrected chi connectivity index (χ1v) is 11.9. The molecule has 0 saturated heterocycles. The molecule has 34 heavy (non-hydrogen) atoms. The molecule has 0 heterocycles. The fourth-order valence-corrected chi connectivity index (χ4v) is 4.75. The molecule has 0 fully saturated rings. The summed E-state index contributed by atoms with van der Waals surface area (Å²) >= 11 is 7.65. The number of carbonyl (C=O) groups is 2. The van der Waals surface area contributed by atoms with E-state index >= 15 is 0 Å². The van der Waals surface area contributed by atoms with Crippen LogP contribution in [-0.2, 0) is 22.4 Å². The molecule has 0 aromatic heterocycles. The molecule has 3 aromatic carbocycles.